The van der Waals surface area contributed by atoms with E-state index in [1.165, 1.54) is 17.0 Å². The molecule has 0 radical (unpaired) electrons. The summed E-state index contributed by atoms with van der Waals surface area (Å²) in [7, 11) is 0. The molecule has 6 N–H and O–H groups in total. The van der Waals surface area contributed by atoms with Crippen LogP contribution in [0.4, 0.5) is 11.4 Å². The highest BCUT2D eigenvalue weighted by atomic mass is 32.1. The predicted molar refractivity (Wildman–Crippen MR) is 141 cm³/mol. The molecule has 0 aliphatic carbocycles. The highest BCUT2D eigenvalue weighted by Crippen LogP contribution is 2.34. The first-order valence-corrected chi connectivity index (χ1v) is 12.6. The van der Waals surface area contributed by atoms with Crippen LogP contribution >= 0.6 is 11.5 Å². The molecule has 3 amide bonds. The van der Waals surface area contributed by atoms with Crippen LogP contribution in [0.5, 0.6) is 5.75 Å². The molecular formula is C26H29N5O5S. The zero-order valence-corrected chi connectivity index (χ0v) is 21.4. The topological polar surface area (TPSA) is 161 Å². The highest BCUT2D eigenvalue weighted by molar-refractivity contribution is 7.09. The number of hydrogen-bond acceptors (Lipinski definition) is 8. The van der Waals surface area contributed by atoms with Gasteiger partial charge in [0.1, 0.15) is 16.7 Å². The third-order valence-corrected chi connectivity index (χ3v) is 7.24. The number of aryl methyl sites for hydroxylation is 2. The number of carbonyl (C=O) groups is 3. The molecule has 1 saturated heterocycles. The quantitative estimate of drug-likeness (QED) is 0.353. The summed E-state index contributed by atoms with van der Waals surface area (Å²) in [5, 5.41) is 12.8. The van der Waals surface area contributed by atoms with Gasteiger partial charge >= 0.3 is 0 Å². The number of nitrogen functional groups attached to an aromatic ring is 1. The summed E-state index contributed by atoms with van der Waals surface area (Å²) in [6, 6.07) is 10.3. The normalized spacial score (nSPS) is 15.8. The molecule has 10 nitrogen and oxygen atoms in total. The average Bonchev–Trinajstić information content (AvgIpc) is 3.53. The average molecular weight is 524 g/mol. The van der Waals surface area contributed by atoms with E-state index in [-0.39, 0.29) is 34.7 Å². The smallest absolute Gasteiger partial charge is 0.273 e. The van der Waals surface area contributed by atoms with Gasteiger partial charge in [-0.2, -0.15) is 4.37 Å². The Morgan fingerprint density at radius 3 is 2.51 bits per heavy atom. The van der Waals surface area contributed by atoms with Crippen molar-refractivity contribution in [2.45, 2.75) is 38.8 Å². The first kappa shape index (κ1) is 26.1. The lowest BCUT2D eigenvalue weighted by Gasteiger charge is -2.32. The Morgan fingerprint density at radius 1 is 1.19 bits per heavy atom. The van der Waals surface area contributed by atoms with Crippen molar-refractivity contribution in [3.63, 3.8) is 0 Å². The molecule has 4 rings (SSSR count). The molecule has 2 heterocycles. The monoisotopic (exact) mass is 523 g/mol. The van der Waals surface area contributed by atoms with Gasteiger partial charge in [0.25, 0.3) is 11.8 Å². The summed E-state index contributed by atoms with van der Waals surface area (Å²) in [5.41, 5.74) is 14.0. The lowest BCUT2D eigenvalue weighted by molar-refractivity contribution is -0.123. The number of anilines is 2. The second-order valence-electron chi connectivity index (χ2n) is 8.96. The molecule has 3 aromatic rings. The van der Waals surface area contributed by atoms with Crippen molar-refractivity contribution in [3.05, 3.63) is 69.7 Å². The maximum absolute atomic E-state index is 14.1. The second-order valence-corrected chi connectivity index (χ2v) is 9.73. The van der Waals surface area contributed by atoms with Crippen LogP contribution in [0.1, 0.15) is 55.7 Å². The Hall–Kier alpha value is -3.96. The van der Waals surface area contributed by atoms with E-state index in [9.17, 15) is 19.5 Å². The Kier molecular flexibility index (Phi) is 7.74. The summed E-state index contributed by atoms with van der Waals surface area (Å²) in [5.74, 6) is -1.89. The first-order chi connectivity index (χ1) is 17.7. The Morgan fingerprint density at radius 2 is 1.92 bits per heavy atom. The summed E-state index contributed by atoms with van der Waals surface area (Å²) in [6.45, 7) is 4.77. The summed E-state index contributed by atoms with van der Waals surface area (Å²) in [4.78, 5) is 40.9. The second kappa shape index (κ2) is 11.0. The molecule has 0 unspecified atom stereocenters. The van der Waals surface area contributed by atoms with Crippen LogP contribution in [-0.2, 0) is 9.53 Å². The first-order valence-electron chi connectivity index (χ1n) is 11.8. The van der Waals surface area contributed by atoms with Crippen molar-refractivity contribution in [1.29, 1.82) is 0 Å². The van der Waals surface area contributed by atoms with Gasteiger partial charge in [-0.3, -0.25) is 19.3 Å². The van der Waals surface area contributed by atoms with Crippen LogP contribution in [0.15, 0.2) is 42.5 Å². The molecule has 1 aliphatic heterocycles. The molecule has 11 heteroatoms. The molecule has 1 aromatic heterocycles. The van der Waals surface area contributed by atoms with Crippen molar-refractivity contribution in [2.24, 2.45) is 5.73 Å². The van der Waals surface area contributed by atoms with Crippen molar-refractivity contribution in [1.82, 2.24) is 9.69 Å². The van der Waals surface area contributed by atoms with E-state index in [1.54, 1.807) is 24.3 Å². The summed E-state index contributed by atoms with van der Waals surface area (Å²) >= 11 is 0.745. The van der Waals surface area contributed by atoms with Crippen LogP contribution in [0.2, 0.25) is 0 Å². The Balaban J connectivity index is 1.82. The van der Waals surface area contributed by atoms with Gasteiger partial charge in [0.2, 0.25) is 5.91 Å². The summed E-state index contributed by atoms with van der Waals surface area (Å²) in [6.07, 6.45) is 1.64. The molecular weight excluding hydrogens is 494 g/mol. The van der Waals surface area contributed by atoms with E-state index in [1.807, 2.05) is 19.9 Å². The van der Waals surface area contributed by atoms with Gasteiger partial charge in [0.05, 0.1) is 11.8 Å². The number of primary amides is 1. The lowest BCUT2D eigenvalue weighted by Crippen LogP contribution is -2.45. The lowest BCUT2D eigenvalue weighted by atomic mass is 10.0. The van der Waals surface area contributed by atoms with E-state index in [2.05, 4.69) is 9.69 Å². The third kappa shape index (κ3) is 5.57. The van der Waals surface area contributed by atoms with Crippen LogP contribution in [0.25, 0.3) is 0 Å². The molecule has 0 bridgehead atoms. The SMILES string of the molecule is Cc1ccc(N(C(=O)c2snc(C(N)=O)c2N)[C@H](C(=O)NC[C@@H]2CCCO2)c2ccc(O)cc2)cc1C. The molecule has 1 fully saturated rings. The minimum atomic E-state index is -1.13. The zero-order chi connectivity index (χ0) is 26.7. The summed E-state index contributed by atoms with van der Waals surface area (Å²) < 4.78 is 9.61. The number of nitrogens with zero attached hydrogens (tertiary/aromatic N) is 2. The number of aromatic nitrogens is 1. The zero-order valence-electron chi connectivity index (χ0n) is 20.6. The van der Waals surface area contributed by atoms with Crippen molar-refractivity contribution < 1.29 is 24.2 Å². The van der Waals surface area contributed by atoms with Gasteiger partial charge in [-0.05, 0) is 79.2 Å². The van der Waals surface area contributed by atoms with E-state index < -0.39 is 23.8 Å². The van der Waals surface area contributed by atoms with Gasteiger partial charge in [0, 0.05) is 18.8 Å². The fourth-order valence-corrected chi connectivity index (χ4v) is 4.93. The minimum Gasteiger partial charge on any atom is -0.508 e. The molecule has 0 spiro atoms. The molecule has 194 valence electrons. The van der Waals surface area contributed by atoms with Gasteiger partial charge in [-0.1, -0.05) is 18.2 Å². The maximum atomic E-state index is 14.1. The predicted octanol–water partition coefficient (Wildman–Crippen LogP) is 2.83. The van der Waals surface area contributed by atoms with E-state index in [0.717, 1.165) is 35.5 Å². The number of amides is 3. The Labute approximate surface area is 218 Å². The van der Waals surface area contributed by atoms with Crippen molar-refractivity contribution in [2.75, 3.05) is 23.8 Å². The third-order valence-electron chi connectivity index (χ3n) is 6.39. The van der Waals surface area contributed by atoms with E-state index >= 15 is 0 Å². The minimum absolute atomic E-state index is 0.0114. The standard InChI is InChI=1S/C26H29N5O5S/c1-14-5-8-17(12-15(14)2)31(26(35)23-20(27)21(24(28)33)30-37-23)22(16-6-9-18(32)10-7-16)25(34)29-13-19-4-3-11-36-19/h5-10,12,19,22,32H,3-4,11,13,27H2,1-2H3,(H2,28,33)(H,29,34)/t19-,22-/m0/s1. The molecule has 2 atom stereocenters. The molecule has 37 heavy (non-hydrogen) atoms. The number of carbonyl (C=O) groups excluding carboxylic acids is 3. The number of phenolic OH excluding ortho intramolecular Hbond substituents is 1. The molecule has 1 aliphatic rings. The molecule has 2 aromatic carbocycles. The van der Waals surface area contributed by atoms with Crippen molar-refractivity contribution in [3.8, 4) is 5.75 Å². The largest absolute Gasteiger partial charge is 0.508 e. The fraction of sp³-hybridized carbons (Fsp3) is 0.308. The van der Waals surface area contributed by atoms with Crippen LogP contribution in [0.3, 0.4) is 0 Å². The highest BCUT2D eigenvalue weighted by Gasteiger charge is 2.36. The number of ether oxygens (including phenoxy) is 1. The van der Waals surface area contributed by atoms with Crippen LogP contribution < -0.4 is 21.7 Å². The number of aromatic hydroxyl groups is 1. The number of hydrogen-bond donors (Lipinski definition) is 4. The van der Waals surface area contributed by atoms with Crippen LogP contribution in [-0.4, -0.2) is 46.5 Å². The fourth-order valence-electron chi connectivity index (χ4n) is 4.19. The van der Waals surface area contributed by atoms with Gasteiger partial charge < -0.3 is 26.6 Å². The number of nitrogens with one attached hydrogen (secondary N) is 1. The number of phenols is 1. The Bertz CT molecular complexity index is 1320. The van der Waals surface area contributed by atoms with Gasteiger partial charge in [-0.25, -0.2) is 0 Å². The van der Waals surface area contributed by atoms with E-state index in [0.29, 0.717) is 17.9 Å². The number of benzene rings is 2. The van der Waals surface area contributed by atoms with Gasteiger partial charge in [-0.15, -0.1) is 0 Å². The maximum Gasteiger partial charge on any atom is 0.273 e. The number of nitrogens with two attached hydrogens (primary N) is 2. The van der Waals surface area contributed by atoms with Gasteiger partial charge in [0.15, 0.2) is 5.69 Å². The van der Waals surface area contributed by atoms with Crippen LogP contribution in [0, 0.1) is 13.8 Å². The number of rotatable bonds is 8. The molecule has 0 saturated carbocycles. The van der Waals surface area contributed by atoms with Crippen molar-refractivity contribution >= 4 is 40.6 Å². The van der Waals surface area contributed by atoms with E-state index in [4.69, 9.17) is 16.2 Å².